The molecule has 0 radical (unpaired) electrons. The van der Waals surface area contributed by atoms with Crippen molar-refractivity contribution >= 4 is 15.7 Å². The van der Waals surface area contributed by atoms with Crippen LogP contribution in [-0.4, -0.2) is 42.8 Å². The summed E-state index contributed by atoms with van der Waals surface area (Å²) in [5.74, 6) is 0.457. The first kappa shape index (κ1) is 16.5. The van der Waals surface area contributed by atoms with E-state index in [1.54, 1.807) is 18.7 Å². The SMILES string of the molecule is CC1(C)CCN(C(=O)CC2CCc3ccccc32)CCS1(=O)=O. The van der Waals surface area contributed by atoms with Crippen molar-refractivity contribution in [3.63, 3.8) is 0 Å². The first-order valence-corrected chi connectivity index (χ1v) is 10.0. The molecule has 1 atom stereocenters. The molecule has 3 rings (SSSR count). The van der Waals surface area contributed by atoms with Gasteiger partial charge in [-0.05, 0) is 50.2 Å². The Balaban J connectivity index is 1.68. The fraction of sp³-hybridized carbons (Fsp3) is 0.611. The Kier molecular flexibility index (Phi) is 4.25. The molecule has 0 spiro atoms. The normalized spacial score (nSPS) is 25.7. The highest BCUT2D eigenvalue weighted by Gasteiger charge is 2.38. The number of rotatable bonds is 2. The quantitative estimate of drug-likeness (QED) is 0.834. The number of nitrogens with zero attached hydrogens (tertiary/aromatic N) is 1. The minimum atomic E-state index is -3.13. The standard InChI is InChI=1S/C18H25NO3S/c1-18(2)9-10-19(11-12-23(18,21)22)17(20)13-15-8-7-14-5-3-4-6-16(14)15/h3-6,15H,7-13H2,1-2H3. The molecule has 1 aromatic rings. The van der Waals surface area contributed by atoms with Crippen LogP contribution in [0.25, 0.3) is 0 Å². The van der Waals surface area contributed by atoms with E-state index in [4.69, 9.17) is 0 Å². The van der Waals surface area contributed by atoms with Gasteiger partial charge in [-0.25, -0.2) is 8.42 Å². The maximum absolute atomic E-state index is 12.7. The third-order valence-electron chi connectivity index (χ3n) is 5.49. The molecule has 1 aliphatic heterocycles. The van der Waals surface area contributed by atoms with Crippen molar-refractivity contribution in [2.75, 3.05) is 18.8 Å². The van der Waals surface area contributed by atoms with E-state index in [2.05, 4.69) is 12.1 Å². The Labute approximate surface area is 138 Å². The van der Waals surface area contributed by atoms with E-state index in [0.717, 1.165) is 12.8 Å². The van der Waals surface area contributed by atoms with E-state index >= 15 is 0 Å². The van der Waals surface area contributed by atoms with Gasteiger partial charge in [-0.3, -0.25) is 4.79 Å². The van der Waals surface area contributed by atoms with Crippen LogP contribution in [0.3, 0.4) is 0 Å². The van der Waals surface area contributed by atoms with E-state index in [9.17, 15) is 13.2 Å². The molecule has 5 heteroatoms. The summed E-state index contributed by atoms with van der Waals surface area (Å²) in [6.07, 6.45) is 3.07. The lowest BCUT2D eigenvalue weighted by Gasteiger charge is -2.23. The van der Waals surface area contributed by atoms with E-state index < -0.39 is 14.6 Å². The summed E-state index contributed by atoms with van der Waals surface area (Å²) in [6.45, 7) is 4.41. The van der Waals surface area contributed by atoms with E-state index in [-0.39, 0.29) is 17.6 Å². The lowest BCUT2D eigenvalue weighted by molar-refractivity contribution is -0.131. The molecule has 23 heavy (non-hydrogen) atoms. The van der Waals surface area contributed by atoms with Crippen LogP contribution in [0, 0.1) is 0 Å². The number of carbonyl (C=O) groups excluding carboxylic acids is 1. The van der Waals surface area contributed by atoms with Gasteiger partial charge in [-0.15, -0.1) is 0 Å². The summed E-state index contributed by atoms with van der Waals surface area (Å²) in [4.78, 5) is 14.4. The molecule has 1 amide bonds. The van der Waals surface area contributed by atoms with Crippen LogP contribution < -0.4 is 0 Å². The second-order valence-electron chi connectivity index (χ2n) is 7.35. The lowest BCUT2D eigenvalue weighted by Crippen LogP contribution is -2.34. The zero-order chi connectivity index (χ0) is 16.7. The molecule has 4 nitrogen and oxygen atoms in total. The van der Waals surface area contributed by atoms with Gasteiger partial charge in [0.05, 0.1) is 10.5 Å². The number of hydrogen-bond acceptors (Lipinski definition) is 3. The Morgan fingerprint density at radius 1 is 1.26 bits per heavy atom. The lowest BCUT2D eigenvalue weighted by atomic mass is 9.97. The van der Waals surface area contributed by atoms with Gasteiger partial charge < -0.3 is 4.90 Å². The Morgan fingerprint density at radius 3 is 2.78 bits per heavy atom. The molecule has 0 aromatic heterocycles. The zero-order valence-electron chi connectivity index (χ0n) is 13.9. The molecule has 1 aromatic carbocycles. The van der Waals surface area contributed by atoms with Gasteiger partial charge in [0.25, 0.3) is 0 Å². The monoisotopic (exact) mass is 335 g/mol. The zero-order valence-corrected chi connectivity index (χ0v) is 14.7. The van der Waals surface area contributed by atoms with Gasteiger partial charge in [0.2, 0.25) is 5.91 Å². The number of fused-ring (bicyclic) bond motifs is 1. The summed E-state index contributed by atoms with van der Waals surface area (Å²) in [5, 5.41) is 0. The van der Waals surface area contributed by atoms with Crippen molar-refractivity contribution in [2.45, 2.75) is 50.2 Å². The molecule has 1 aliphatic carbocycles. The molecule has 1 saturated heterocycles. The van der Waals surface area contributed by atoms with Crippen molar-refractivity contribution in [3.05, 3.63) is 35.4 Å². The first-order valence-electron chi connectivity index (χ1n) is 8.38. The fourth-order valence-corrected chi connectivity index (χ4v) is 5.04. The number of aryl methyl sites for hydroxylation is 1. The summed E-state index contributed by atoms with van der Waals surface area (Å²) in [5.41, 5.74) is 2.65. The average Bonchev–Trinajstić information content (AvgIpc) is 2.85. The highest BCUT2D eigenvalue weighted by Crippen LogP contribution is 2.36. The molecule has 0 bridgehead atoms. The summed E-state index contributed by atoms with van der Waals surface area (Å²) < 4.78 is 23.8. The molecule has 1 fully saturated rings. The maximum Gasteiger partial charge on any atom is 0.223 e. The topological polar surface area (TPSA) is 54.5 Å². The fourth-order valence-electron chi connectivity index (χ4n) is 3.62. The van der Waals surface area contributed by atoms with Crippen LogP contribution in [0.5, 0.6) is 0 Å². The van der Waals surface area contributed by atoms with E-state index in [1.807, 2.05) is 12.1 Å². The molecule has 0 saturated carbocycles. The molecule has 2 aliphatic rings. The van der Waals surface area contributed by atoms with Crippen molar-refractivity contribution in [1.82, 2.24) is 4.90 Å². The van der Waals surface area contributed by atoms with Crippen molar-refractivity contribution in [3.8, 4) is 0 Å². The Hall–Kier alpha value is -1.36. The summed E-state index contributed by atoms with van der Waals surface area (Å²) in [6, 6.07) is 8.34. The smallest absolute Gasteiger partial charge is 0.223 e. The predicted octanol–water partition coefficient (Wildman–Crippen LogP) is 2.53. The number of amides is 1. The van der Waals surface area contributed by atoms with Gasteiger partial charge in [0.15, 0.2) is 9.84 Å². The largest absolute Gasteiger partial charge is 0.342 e. The van der Waals surface area contributed by atoms with E-state index in [0.29, 0.717) is 25.9 Å². The molecular weight excluding hydrogens is 310 g/mol. The van der Waals surface area contributed by atoms with Crippen LogP contribution in [-0.2, 0) is 21.1 Å². The second-order valence-corrected chi connectivity index (χ2v) is 10.1. The van der Waals surface area contributed by atoms with Gasteiger partial charge in [-0.2, -0.15) is 0 Å². The molecular formula is C18H25NO3S. The Bertz CT molecular complexity index is 709. The number of benzene rings is 1. The minimum absolute atomic E-state index is 0.0764. The second kappa shape index (κ2) is 5.93. The molecule has 0 N–H and O–H groups in total. The van der Waals surface area contributed by atoms with Gasteiger partial charge in [0, 0.05) is 19.5 Å². The summed E-state index contributed by atoms with van der Waals surface area (Å²) in [7, 11) is -3.13. The van der Waals surface area contributed by atoms with Crippen LogP contribution in [0.15, 0.2) is 24.3 Å². The van der Waals surface area contributed by atoms with Gasteiger partial charge >= 0.3 is 0 Å². The molecule has 1 unspecified atom stereocenters. The maximum atomic E-state index is 12.7. The number of carbonyl (C=O) groups is 1. The molecule has 1 heterocycles. The van der Waals surface area contributed by atoms with Crippen LogP contribution in [0.1, 0.15) is 50.2 Å². The third-order valence-corrected chi connectivity index (χ3v) is 8.09. The van der Waals surface area contributed by atoms with Crippen molar-refractivity contribution in [2.24, 2.45) is 0 Å². The average molecular weight is 335 g/mol. The third kappa shape index (κ3) is 3.16. The first-order chi connectivity index (χ1) is 10.8. The highest BCUT2D eigenvalue weighted by atomic mass is 32.2. The van der Waals surface area contributed by atoms with Crippen molar-refractivity contribution < 1.29 is 13.2 Å². The Morgan fingerprint density at radius 2 is 2.00 bits per heavy atom. The van der Waals surface area contributed by atoms with Gasteiger partial charge in [0.1, 0.15) is 0 Å². The number of hydrogen-bond donors (Lipinski definition) is 0. The summed E-state index contributed by atoms with van der Waals surface area (Å²) >= 11 is 0. The number of sulfone groups is 1. The molecule has 126 valence electrons. The van der Waals surface area contributed by atoms with E-state index in [1.165, 1.54) is 11.1 Å². The predicted molar refractivity (Wildman–Crippen MR) is 91.2 cm³/mol. The van der Waals surface area contributed by atoms with Crippen LogP contribution >= 0.6 is 0 Å². The van der Waals surface area contributed by atoms with Crippen molar-refractivity contribution in [1.29, 1.82) is 0 Å². The van der Waals surface area contributed by atoms with Gasteiger partial charge in [-0.1, -0.05) is 24.3 Å². The highest BCUT2D eigenvalue weighted by molar-refractivity contribution is 7.92. The van der Waals surface area contributed by atoms with Crippen LogP contribution in [0.4, 0.5) is 0 Å². The minimum Gasteiger partial charge on any atom is -0.342 e. The van der Waals surface area contributed by atoms with Crippen LogP contribution in [0.2, 0.25) is 0 Å².